The summed E-state index contributed by atoms with van der Waals surface area (Å²) in [5, 5.41) is 8.87. The predicted molar refractivity (Wildman–Crippen MR) is 53.7 cm³/mol. The smallest absolute Gasteiger partial charge is 0.0681 e. The molecule has 0 aromatic heterocycles. The normalized spacial score (nSPS) is 17.2. The lowest BCUT2D eigenvalue weighted by atomic mass is 10.0. The molecule has 1 saturated heterocycles. The van der Waals surface area contributed by atoms with E-state index in [1.54, 1.807) is 0 Å². The van der Waals surface area contributed by atoms with E-state index in [1.165, 1.54) is 18.8 Å². The molecule has 1 heterocycles. The molecule has 70 valence electrons. The van der Waals surface area contributed by atoms with E-state index < -0.39 is 0 Å². The molecular weight excluding hydrogens is 162 g/mol. The van der Waals surface area contributed by atoms with Crippen molar-refractivity contribution in [3.63, 3.8) is 0 Å². The van der Waals surface area contributed by atoms with Gasteiger partial charge in [-0.25, -0.2) is 0 Å². The molecule has 13 heavy (non-hydrogen) atoms. The molecule has 0 spiro atoms. The molecule has 0 bridgehead atoms. The molecule has 1 aliphatic rings. The van der Waals surface area contributed by atoms with Gasteiger partial charge in [0.2, 0.25) is 0 Å². The molecule has 1 aliphatic heterocycles. The van der Waals surface area contributed by atoms with E-state index in [4.69, 9.17) is 5.11 Å². The third kappa shape index (κ3) is 1.68. The van der Waals surface area contributed by atoms with Crippen molar-refractivity contribution < 1.29 is 5.11 Å². The fourth-order valence-corrected chi connectivity index (χ4v) is 1.72. The van der Waals surface area contributed by atoms with Gasteiger partial charge in [-0.05, 0) is 23.6 Å². The number of anilines is 1. The number of rotatable bonds is 2. The van der Waals surface area contributed by atoms with Gasteiger partial charge in [0.25, 0.3) is 0 Å². The second-order valence-corrected chi connectivity index (χ2v) is 3.83. The topological polar surface area (TPSA) is 23.5 Å². The average Bonchev–Trinajstić information content (AvgIpc) is 2.13. The minimum atomic E-state index is 0.136. The maximum absolute atomic E-state index is 8.87. The molecule has 2 nitrogen and oxygen atoms in total. The lowest BCUT2D eigenvalue weighted by molar-refractivity contribution is 0.282. The van der Waals surface area contributed by atoms with E-state index in [9.17, 15) is 0 Å². The highest BCUT2D eigenvalue weighted by Gasteiger charge is 2.22. The number of hydrogen-bond donors (Lipinski definition) is 1. The molecule has 2 heteroatoms. The fraction of sp³-hybridized carbons (Fsp3) is 0.455. The van der Waals surface area contributed by atoms with Crippen LogP contribution in [0.5, 0.6) is 0 Å². The maximum atomic E-state index is 8.87. The fourth-order valence-electron chi connectivity index (χ4n) is 1.72. The number of hydrogen-bond acceptors (Lipinski definition) is 2. The molecule has 0 unspecified atom stereocenters. The van der Waals surface area contributed by atoms with Gasteiger partial charge in [-0.1, -0.05) is 19.1 Å². The number of benzene rings is 1. The Morgan fingerprint density at radius 3 is 2.38 bits per heavy atom. The van der Waals surface area contributed by atoms with Gasteiger partial charge in [-0.2, -0.15) is 0 Å². The summed E-state index contributed by atoms with van der Waals surface area (Å²) in [4.78, 5) is 2.35. The van der Waals surface area contributed by atoms with Gasteiger partial charge < -0.3 is 10.0 Å². The summed E-state index contributed by atoms with van der Waals surface area (Å²) in [6.45, 7) is 4.73. The summed E-state index contributed by atoms with van der Waals surface area (Å²) >= 11 is 0. The van der Waals surface area contributed by atoms with Crippen molar-refractivity contribution >= 4 is 5.69 Å². The first kappa shape index (κ1) is 8.57. The Kier molecular flexibility index (Phi) is 2.23. The van der Waals surface area contributed by atoms with Gasteiger partial charge in [-0.3, -0.25) is 0 Å². The van der Waals surface area contributed by atoms with Crippen molar-refractivity contribution in [2.24, 2.45) is 5.92 Å². The monoisotopic (exact) mass is 177 g/mol. The summed E-state index contributed by atoms with van der Waals surface area (Å²) in [5.74, 6) is 0.831. The number of aliphatic hydroxyl groups is 1. The minimum absolute atomic E-state index is 0.136. The highest BCUT2D eigenvalue weighted by atomic mass is 16.3. The number of nitrogens with zero attached hydrogens (tertiary/aromatic N) is 1. The molecular formula is C11H15NO. The van der Waals surface area contributed by atoms with Crippen LogP contribution < -0.4 is 4.90 Å². The SMILES string of the molecule is CC1CN(c2ccc(CO)cc2)C1. The quantitative estimate of drug-likeness (QED) is 0.742. The summed E-state index contributed by atoms with van der Waals surface area (Å²) in [6, 6.07) is 8.13. The summed E-state index contributed by atoms with van der Waals surface area (Å²) in [6.07, 6.45) is 0. The van der Waals surface area contributed by atoms with E-state index in [2.05, 4.69) is 24.0 Å². The highest BCUT2D eigenvalue weighted by Crippen LogP contribution is 2.24. The standard InChI is InChI=1S/C11H15NO/c1-9-6-12(7-9)11-4-2-10(8-13)3-5-11/h2-5,9,13H,6-8H2,1H3. The second kappa shape index (κ2) is 3.38. The van der Waals surface area contributed by atoms with Crippen LogP contribution in [0.3, 0.4) is 0 Å². The third-order valence-corrected chi connectivity index (χ3v) is 2.55. The van der Waals surface area contributed by atoms with Gasteiger partial charge in [0.05, 0.1) is 6.61 Å². The molecule has 1 N–H and O–H groups in total. The van der Waals surface area contributed by atoms with Crippen LogP contribution in [0.2, 0.25) is 0 Å². The van der Waals surface area contributed by atoms with Gasteiger partial charge >= 0.3 is 0 Å². The Morgan fingerprint density at radius 2 is 1.92 bits per heavy atom. The molecule has 1 fully saturated rings. The second-order valence-electron chi connectivity index (χ2n) is 3.83. The molecule has 0 radical (unpaired) electrons. The van der Waals surface area contributed by atoms with Crippen molar-refractivity contribution in [2.45, 2.75) is 13.5 Å². The molecule has 0 saturated carbocycles. The molecule has 0 amide bonds. The van der Waals surface area contributed by atoms with Gasteiger partial charge in [0.1, 0.15) is 0 Å². The van der Waals surface area contributed by atoms with Crippen LogP contribution in [-0.2, 0) is 6.61 Å². The zero-order valence-electron chi connectivity index (χ0n) is 7.90. The maximum Gasteiger partial charge on any atom is 0.0681 e. The van der Waals surface area contributed by atoms with Crippen LogP contribution in [0.1, 0.15) is 12.5 Å². The molecule has 0 aliphatic carbocycles. The molecule has 2 rings (SSSR count). The van der Waals surface area contributed by atoms with Crippen LogP contribution in [-0.4, -0.2) is 18.2 Å². The van der Waals surface area contributed by atoms with Crippen molar-refractivity contribution in [3.8, 4) is 0 Å². The summed E-state index contributed by atoms with van der Waals surface area (Å²) in [5.41, 5.74) is 2.26. The summed E-state index contributed by atoms with van der Waals surface area (Å²) in [7, 11) is 0. The van der Waals surface area contributed by atoms with Crippen molar-refractivity contribution in [1.82, 2.24) is 0 Å². The Balaban J connectivity index is 2.06. The molecule has 1 aromatic rings. The van der Waals surface area contributed by atoms with Crippen LogP contribution in [0.25, 0.3) is 0 Å². The zero-order valence-corrected chi connectivity index (χ0v) is 7.90. The first-order valence-corrected chi connectivity index (χ1v) is 4.74. The first-order valence-electron chi connectivity index (χ1n) is 4.74. The van der Waals surface area contributed by atoms with Crippen molar-refractivity contribution in [2.75, 3.05) is 18.0 Å². The molecule has 0 atom stereocenters. The van der Waals surface area contributed by atoms with E-state index in [0.29, 0.717) is 0 Å². The predicted octanol–water partition coefficient (Wildman–Crippen LogP) is 1.64. The Morgan fingerprint density at radius 1 is 1.31 bits per heavy atom. The highest BCUT2D eigenvalue weighted by molar-refractivity contribution is 5.49. The Hall–Kier alpha value is -1.02. The zero-order chi connectivity index (χ0) is 9.26. The van der Waals surface area contributed by atoms with Crippen LogP contribution in [0, 0.1) is 5.92 Å². The minimum Gasteiger partial charge on any atom is -0.392 e. The van der Waals surface area contributed by atoms with E-state index in [-0.39, 0.29) is 6.61 Å². The van der Waals surface area contributed by atoms with Gasteiger partial charge in [0, 0.05) is 18.8 Å². The van der Waals surface area contributed by atoms with Gasteiger partial charge in [-0.15, -0.1) is 0 Å². The van der Waals surface area contributed by atoms with E-state index in [0.717, 1.165) is 11.5 Å². The van der Waals surface area contributed by atoms with Crippen LogP contribution in [0.4, 0.5) is 5.69 Å². The Labute approximate surface area is 78.8 Å². The third-order valence-electron chi connectivity index (χ3n) is 2.55. The molecule has 1 aromatic carbocycles. The Bertz CT molecular complexity index is 275. The van der Waals surface area contributed by atoms with E-state index in [1.807, 2.05) is 12.1 Å². The van der Waals surface area contributed by atoms with Crippen LogP contribution >= 0.6 is 0 Å². The lowest BCUT2D eigenvalue weighted by Gasteiger charge is -2.39. The average molecular weight is 177 g/mol. The van der Waals surface area contributed by atoms with Crippen LogP contribution in [0.15, 0.2) is 24.3 Å². The number of aliphatic hydroxyl groups excluding tert-OH is 1. The van der Waals surface area contributed by atoms with Crippen molar-refractivity contribution in [1.29, 1.82) is 0 Å². The summed E-state index contributed by atoms with van der Waals surface area (Å²) < 4.78 is 0. The largest absolute Gasteiger partial charge is 0.392 e. The van der Waals surface area contributed by atoms with Crippen molar-refractivity contribution in [3.05, 3.63) is 29.8 Å². The van der Waals surface area contributed by atoms with E-state index >= 15 is 0 Å². The lowest BCUT2D eigenvalue weighted by Crippen LogP contribution is -2.45. The first-order chi connectivity index (χ1) is 6.29. The van der Waals surface area contributed by atoms with Gasteiger partial charge in [0.15, 0.2) is 0 Å².